The van der Waals surface area contributed by atoms with Gasteiger partial charge < -0.3 is 10.4 Å². The minimum atomic E-state index is -0.878. The summed E-state index contributed by atoms with van der Waals surface area (Å²) in [5, 5.41) is 12.2. The third-order valence-corrected chi connectivity index (χ3v) is 3.43. The maximum atomic E-state index is 11.9. The van der Waals surface area contributed by atoms with Gasteiger partial charge in [-0.3, -0.25) is 14.5 Å². The van der Waals surface area contributed by atoms with E-state index in [1.807, 2.05) is 38.1 Å². The number of fused-ring (bicyclic) bond motifs is 1. The van der Waals surface area contributed by atoms with Gasteiger partial charge in [0.1, 0.15) is 6.04 Å². The third-order valence-electron chi connectivity index (χ3n) is 3.43. The minimum absolute atomic E-state index is 0.0582. The molecule has 5 nitrogen and oxygen atoms in total. The summed E-state index contributed by atoms with van der Waals surface area (Å²) in [7, 11) is 0. The first-order valence-corrected chi connectivity index (χ1v) is 6.80. The number of amides is 1. The Morgan fingerprint density at radius 3 is 2.60 bits per heavy atom. The van der Waals surface area contributed by atoms with E-state index in [2.05, 4.69) is 5.32 Å². The summed E-state index contributed by atoms with van der Waals surface area (Å²) in [5.41, 5.74) is 2.16. The molecule has 1 amide bonds. The normalized spacial score (nSPS) is 18.6. The first kappa shape index (κ1) is 14.5. The summed E-state index contributed by atoms with van der Waals surface area (Å²) in [6.07, 6.45) is 0.445. The van der Waals surface area contributed by atoms with Crippen molar-refractivity contribution in [2.75, 3.05) is 6.54 Å². The second-order valence-electron chi connectivity index (χ2n) is 5.45. The van der Waals surface area contributed by atoms with Gasteiger partial charge in [-0.1, -0.05) is 24.3 Å². The van der Waals surface area contributed by atoms with Crippen LogP contribution in [0.2, 0.25) is 0 Å². The maximum absolute atomic E-state index is 11.9. The molecule has 2 N–H and O–H groups in total. The van der Waals surface area contributed by atoms with E-state index in [0.717, 1.165) is 11.1 Å². The number of benzene rings is 1. The number of aliphatic carboxylic acids is 1. The fourth-order valence-electron chi connectivity index (χ4n) is 2.54. The van der Waals surface area contributed by atoms with Crippen LogP contribution in [0.3, 0.4) is 0 Å². The molecular formula is C15H20N2O3. The average Bonchev–Trinajstić information content (AvgIpc) is 2.36. The quantitative estimate of drug-likeness (QED) is 0.861. The molecule has 1 aromatic carbocycles. The van der Waals surface area contributed by atoms with Gasteiger partial charge in [0, 0.05) is 12.6 Å². The van der Waals surface area contributed by atoms with Crippen molar-refractivity contribution in [1.82, 2.24) is 10.2 Å². The molecule has 0 aromatic heterocycles. The number of carboxylic acids is 1. The molecule has 108 valence electrons. The predicted molar refractivity (Wildman–Crippen MR) is 75.3 cm³/mol. The van der Waals surface area contributed by atoms with Crippen LogP contribution in [0.25, 0.3) is 0 Å². The molecule has 1 heterocycles. The smallest absolute Gasteiger partial charge is 0.321 e. The van der Waals surface area contributed by atoms with E-state index < -0.39 is 12.0 Å². The van der Waals surface area contributed by atoms with Gasteiger partial charge in [0.05, 0.1) is 6.54 Å². The lowest BCUT2D eigenvalue weighted by Crippen LogP contribution is -2.50. The monoisotopic (exact) mass is 276 g/mol. The van der Waals surface area contributed by atoms with Gasteiger partial charge in [-0.05, 0) is 31.4 Å². The molecule has 1 atom stereocenters. The summed E-state index contributed by atoms with van der Waals surface area (Å²) >= 11 is 0. The minimum Gasteiger partial charge on any atom is -0.480 e. The van der Waals surface area contributed by atoms with Gasteiger partial charge in [-0.2, -0.15) is 0 Å². The first-order valence-electron chi connectivity index (χ1n) is 6.80. The van der Waals surface area contributed by atoms with Crippen molar-refractivity contribution in [2.45, 2.75) is 38.9 Å². The molecule has 1 aliphatic rings. The van der Waals surface area contributed by atoms with Gasteiger partial charge in [-0.25, -0.2) is 0 Å². The van der Waals surface area contributed by atoms with E-state index in [1.54, 1.807) is 4.90 Å². The van der Waals surface area contributed by atoms with Crippen LogP contribution in [-0.2, 0) is 22.6 Å². The largest absolute Gasteiger partial charge is 0.480 e. The van der Waals surface area contributed by atoms with Crippen LogP contribution < -0.4 is 5.32 Å². The summed E-state index contributed by atoms with van der Waals surface area (Å²) < 4.78 is 0. The molecule has 20 heavy (non-hydrogen) atoms. The van der Waals surface area contributed by atoms with Gasteiger partial charge in [-0.15, -0.1) is 0 Å². The number of rotatable bonds is 4. The average molecular weight is 276 g/mol. The Balaban J connectivity index is 2.14. The van der Waals surface area contributed by atoms with Crippen LogP contribution >= 0.6 is 0 Å². The van der Waals surface area contributed by atoms with Crippen molar-refractivity contribution in [1.29, 1.82) is 0 Å². The number of carboxylic acid groups (broad SMARTS) is 1. The second-order valence-corrected chi connectivity index (χ2v) is 5.45. The van der Waals surface area contributed by atoms with Crippen LogP contribution in [-0.4, -0.2) is 40.5 Å². The Labute approximate surface area is 118 Å². The van der Waals surface area contributed by atoms with Crippen molar-refractivity contribution < 1.29 is 14.7 Å². The Bertz CT molecular complexity index is 514. The lowest BCUT2D eigenvalue weighted by atomic mass is 9.94. The summed E-state index contributed by atoms with van der Waals surface area (Å²) in [6.45, 7) is 4.39. The Morgan fingerprint density at radius 2 is 2.00 bits per heavy atom. The van der Waals surface area contributed by atoms with Crippen LogP contribution in [0.1, 0.15) is 25.0 Å². The summed E-state index contributed by atoms with van der Waals surface area (Å²) in [5.74, 6) is -1.01. The molecule has 0 saturated heterocycles. The Kier molecular flexibility index (Phi) is 4.39. The molecule has 0 bridgehead atoms. The first-order chi connectivity index (χ1) is 9.47. The number of hydrogen-bond acceptors (Lipinski definition) is 3. The third kappa shape index (κ3) is 3.36. The van der Waals surface area contributed by atoms with Crippen molar-refractivity contribution in [2.24, 2.45) is 0 Å². The highest BCUT2D eigenvalue weighted by atomic mass is 16.4. The molecule has 5 heteroatoms. The number of nitrogens with one attached hydrogen (secondary N) is 1. The van der Waals surface area contributed by atoms with E-state index in [1.165, 1.54) is 0 Å². The highest BCUT2D eigenvalue weighted by Crippen LogP contribution is 2.23. The fraction of sp³-hybridized carbons (Fsp3) is 0.467. The highest BCUT2D eigenvalue weighted by Gasteiger charge is 2.32. The van der Waals surface area contributed by atoms with E-state index in [9.17, 15) is 14.7 Å². The number of carbonyl (C=O) groups excluding carboxylic acids is 1. The molecule has 0 spiro atoms. The van der Waals surface area contributed by atoms with Gasteiger partial charge in [0.15, 0.2) is 0 Å². The van der Waals surface area contributed by atoms with Crippen molar-refractivity contribution in [3.63, 3.8) is 0 Å². The number of hydrogen-bond donors (Lipinski definition) is 2. The molecule has 0 aliphatic carbocycles. The summed E-state index contributed by atoms with van der Waals surface area (Å²) in [4.78, 5) is 25.0. The number of nitrogens with zero attached hydrogens (tertiary/aromatic N) is 1. The van der Waals surface area contributed by atoms with Crippen LogP contribution in [0.5, 0.6) is 0 Å². The van der Waals surface area contributed by atoms with Gasteiger partial charge >= 0.3 is 5.97 Å². The van der Waals surface area contributed by atoms with Crippen LogP contribution in [0.4, 0.5) is 0 Å². The van der Waals surface area contributed by atoms with Gasteiger partial charge in [0.2, 0.25) is 5.91 Å². The predicted octanol–water partition coefficient (Wildman–Crippen LogP) is 1.02. The van der Waals surface area contributed by atoms with E-state index in [-0.39, 0.29) is 18.5 Å². The van der Waals surface area contributed by atoms with Crippen LogP contribution in [0, 0.1) is 0 Å². The molecule has 0 radical (unpaired) electrons. The lowest BCUT2D eigenvalue weighted by Gasteiger charge is -2.34. The fourth-order valence-corrected chi connectivity index (χ4v) is 2.54. The zero-order valence-electron chi connectivity index (χ0n) is 11.8. The molecule has 0 saturated carbocycles. The molecule has 1 unspecified atom stereocenters. The number of carbonyl (C=O) groups is 2. The molecule has 2 rings (SSSR count). The van der Waals surface area contributed by atoms with Crippen LogP contribution in [0.15, 0.2) is 24.3 Å². The molecular weight excluding hydrogens is 256 g/mol. The van der Waals surface area contributed by atoms with Crippen molar-refractivity contribution >= 4 is 11.9 Å². The van der Waals surface area contributed by atoms with E-state index in [0.29, 0.717) is 13.0 Å². The maximum Gasteiger partial charge on any atom is 0.321 e. The second kappa shape index (κ2) is 6.05. The van der Waals surface area contributed by atoms with Gasteiger partial charge in [0.25, 0.3) is 0 Å². The molecule has 1 aliphatic heterocycles. The Hall–Kier alpha value is -1.88. The van der Waals surface area contributed by atoms with Crippen molar-refractivity contribution in [3.8, 4) is 0 Å². The highest BCUT2D eigenvalue weighted by molar-refractivity contribution is 5.80. The SMILES string of the molecule is CC(C)NC(=O)CN1Cc2ccccc2CC1C(=O)O. The molecule has 0 fully saturated rings. The zero-order valence-corrected chi connectivity index (χ0v) is 11.8. The van der Waals surface area contributed by atoms with E-state index >= 15 is 0 Å². The Morgan fingerprint density at radius 1 is 1.35 bits per heavy atom. The lowest BCUT2D eigenvalue weighted by molar-refractivity contribution is -0.144. The van der Waals surface area contributed by atoms with E-state index in [4.69, 9.17) is 0 Å². The zero-order chi connectivity index (χ0) is 14.7. The topological polar surface area (TPSA) is 69.6 Å². The standard InChI is InChI=1S/C15H20N2O3/c1-10(2)16-14(18)9-17-8-12-6-4-3-5-11(12)7-13(17)15(19)20/h3-6,10,13H,7-9H2,1-2H3,(H,16,18)(H,19,20). The van der Waals surface area contributed by atoms with Crippen molar-refractivity contribution in [3.05, 3.63) is 35.4 Å². The molecule has 1 aromatic rings. The summed E-state index contributed by atoms with van der Waals surface area (Å²) in [6, 6.07) is 7.22.